The van der Waals surface area contributed by atoms with E-state index in [1.165, 1.54) is 0 Å². The molecule has 0 N–H and O–H groups in total. The maximum Gasteiger partial charge on any atom is 0.259 e. The van der Waals surface area contributed by atoms with Crippen LogP contribution in [-0.4, -0.2) is 80.2 Å². The van der Waals surface area contributed by atoms with Gasteiger partial charge in [0.15, 0.2) is 0 Å². The Hall–Kier alpha value is -3.51. The van der Waals surface area contributed by atoms with Crippen LogP contribution in [0.3, 0.4) is 0 Å². The summed E-state index contributed by atoms with van der Waals surface area (Å²) in [6, 6.07) is 26.4. The number of rotatable bonds is 21. The molecular formula is C42H58N3O6P. The lowest BCUT2D eigenvalue weighted by molar-refractivity contribution is -0.134. The van der Waals surface area contributed by atoms with Crippen molar-refractivity contribution < 1.29 is 28.1 Å². The molecule has 0 saturated carbocycles. The van der Waals surface area contributed by atoms with Gasteiger partial charge in [0.05, 0.1) is 33.0 Å². The molecule has 1 aliphatic heterocycles. The minimum Gasteiger partial charge on any atom is -0.497 e. The molecule has 282 valence electrons. The van der Waals surface area contributed by atoms with E-state index < -0.39 is 14.1 Å². The SMILES string of the molecule is [C-]#[N+]CCOP(O[C@@H]1C[C@@H](COC(c2ccccc2)(c2ccc(OC)cc2)c2ccc(OC)cc2)N(C(=O)CCCCCC)C1)N(C(C)C)C(C)C. The molecule has 9 nitrogen and oxygen atoms in total. The predicted molar refractivity (Wildman–Crippen MR) is 208 cm³/mol. The van der Waals surface area contributed by atoms with Crippen LogP contribution in [0.4, 0.5) is 0 Å². The molecule has 3 aromatic rings. The van der Waals surface area contributed by atoms with Crippen molar-refractivity contribution in [2.75, 3.05) is 40.5 Å². The molecule has 1 saturated heterocycles. The van der Waals surface area contributed by atoms with E-state index in [9.17, 15) is 4.79 Å². The van der Waals surface area contributed by atoms with E-state index in [1.807, 2.05) is 71.6 Å². The summed E-state index contributed by atoms with van der Waals surface area (Å²) in [6.07, 6.45) is 4.95. The zero-order valence-corrected chi connectivity index (χ0v) is 33.0. The van der Waals surface area contributed by atoms with Crippen LogP contribution in [0, 0.1) is 6.57 Å². The van der Waals surface area contributed by atoms with Crippen LogP contribution in [0.5, 0.6) is 11.5 Å². The molecule has 3 atom stereocenters. The Balaban J connectivity index is 1.73. The molecule has 10 heteroatoms. The van der Waals surface area contributed by atoms with Gasteiger partial charge in [-0.3, -0.25) is 4.79 Å². The van der Waals surface area contributed by atoms with Gasteiger partial charge in [0.25, 0.3) is 8.53 Å². The summed E-state index contributed by atoms with van der Waals surface area (Å²) in [5, 5.41) is 0. The minimum absolute atomic E-state index is 0.123. The summed E-state index contributed by atoms with van der Waals surface area (Å²) < 4.78 is 33.7. The molecule has 1 unspecified atom stereocenters. The number of ether oxygens (including phenoxy) is 3. The molecule has 1 heterocycles. The van der Waals surface area contributed by atoms with Crippen molar-refractivity contribution in [3.63, 3.8) is 0 Å². The van der Waals surface area contributed by atoms with Crippen LogP contribution in [-0.2, 0) is 24.2 Å². The number of hydrogen-bond donors (Lipinski definition) is 0. The lowest BCUT2D eigenvalue weighted by Gasteiger charge is -2.38. The van der Waals surface area contributed by atoms with Crippen molar-refractivity contribution in [1.29, 1.82) is 0 Å². The van der Waals surface area contributed by atoms with E-state index in [0.29, 0.717) is 26.0 Å². The molecule has 0 aromatic heterocycles. The number of likely N-dealkylation sites (tertiary alicyclic amines) is 1. The van der Waals surface area contributed by atoms with Gasteiger partial charge in [0.1, 0.15) is 23.7 Å². The molecule has 0 aliphatic carbocycles. The fraction of sp³-hybridized carbons (Fsp3) is 0.524. The molecule has 1 fully saturated rings. The Morgan fingerprint density at radius 3 is 1.98 bits per heavy atom. The van der Waals surface area contributed by atoms with Gasteiger partial charge in [-0.15, -0.1) is 0 Å². The summed E-state index contributed by atoms with van der Waals surface area (Å²) in [4.78, 5) is 19.5. The number of nitrogens with zero attached hydrogens (tertiary/aromatic N) is 3. The molecule has 1 amide bonds. The van der Waals surface area contributed by atoms with E-state index in [4.69, 9.17) is 29.8 Å². The smallest absolute Gasteiger partial charge is 0.259 e. The van der Waals surface area contributed by atoms with E-state index in [0.717, 1.165) is 53.9 Å². The highest BCUT2D eigenvalue weighted by molar-refractivity contribution is 7.44. The second-order valence-electron chi connectivity index (χ2n) is 13.8. The Kier molecular flexibility index (Phi) is 16.4. The Morgan fingerprint density at radius 1 is 0.885 bits per heavy atom. The second kappa shape index (κ2) is 20.7. The molecule has 0 radical (unpaired) electrons. The van der Waals surface area contributed by atoms with Crippen molar-refractivity contribution >= 4 is 14.4 Å². The third-order valence-corrected chi connectivity index (χ3v) is 11.7. The van der Waals surface area contributed by atoms with Gasteiger partial charge < -0.3 is 33.0 Å². The predicted octanol–water partition coefficient (Wildman–Crippen LogP) is 9.25. The number of hydrogen-bond acceptors (Lipinski definition) is 7. The molecule has 0 spiro atoms. The number of carbonyl (C=O) groups excluding carboxylic acids is 1. The number of amides is 1. The van der Waals surface area contributed by atoms with E-state index in [1.54, 1.807) is 14.2 Å². The highest BCUT2D eigenvalue weighted by Crippen LogP contribution is 2.49. The third-order valence-electron chi connectivity index (χ3n) is 9.50. The van der Waals surface area contributed by atoms with E-state index >= 15 is 0 Å². The first-order chi connectivity index (χ1) is 25.2. The second-order valence-corrected chi connectivity index (χ2v) is 15.2. The molecule has 3 aromatic carbocycles. The van der Waals surface area contributed by atoms with Gasteiger partial charge in [-0.25, -0.2) is 11.2 Å². The molecular weight excluding hydrogens is 673 g/mol. The van der Waals surface area contributed by atoms with Crippen molar-refractivity contribution in [2.45, 2.75) is 103 Å². The quantitative estimate of drug-likeness (QED) is 0.0468. The molecule has 1 aliphatic rings. The minimum atomic E-state index is -1.46. The highest BCUT2D eigenvalue weighted by atomic mass is 31.2. The van der Waals surface area contributed by atoms with Crippen molar-refractivity contribution in [3.05, 3.63) is 107 Å². The summed E-state index contributed by atoms with van der Waals surface area (Å²) >= 11 is 0. The first kappa shape index (κ1) is 41.2. The van der Waals surface area contributed by atoms with Gasteiger partial charge in [-0.2, -0.15) is 0 Å². The van der Waals surface area contributed by atoms with Crippen LogP contribution >= 0.6 is 8.53 Å². The maximum absolute atomic E-state index is 14.0. The largest absolute Gasteiger partial charge is 0.497 e. The highest BCUT2D eigenvalue weighted by Gasteiger charge is 2.43. The standard InChI is InChI=1S/C42H58N3O6P/c1-9-10-11-15-18-41(46)44-30-40(51-52(50-28-27-43-6)45(32(2)3)33(4)5)29-37(44)31-49-42(34-16-13-12-14-17-34,35-19-23-38(47-7)24-20-35)36-21-25-39(48-8)26-22-36/h12-14,16-17,19-26,32-33,37,40H,9-11,15,18,27-31H2,1-5,7-8H3/t37-,40+,52?/m0/s1. The van der Waals surface area contributed by atoms with Crippen LogP contribution < -0.4 is 9.47 Å². The number of benzene rings is 3. The lowest BCUT2D eigenvalue weighted by Crippen LogP contribution is -2.42. The van der Waals surface area contributed by atoms with Crippen LogP contribution in [0.25, 0.3) is 4.85 Å². The monoisotopic (exact) mass is 731 g/mol. The number of unbranched alkanes of at least 4 members (excludes halogenated alkanes) is 3. The summed E-state index contributed by atoms with van der Waals surface area (Å²) in [5.74, 6) is 1.63. The van der Waals surface area contributed by atoms with Gasteiger partial charge in [0, 0.05) is 25.0 Å². The van der Waals surface area contributed by atoms with Crippen LogP contribution in [0.15, 0.2) is 78.9 Å². The Bertz CT molecular complexity index is 1470. The van der Waals surface area contributed by atoms with Crippen LogP contribution in [0.2, 0.25) is 0 Å². The van der Waals surface area contributed by atoms with Crippen molar-refractivity contribution in [3.8, 4) is 11.5 Å². The van der Waals surface area contributed by atoms with Gasteiger partial charge >= 0.3 is 0 Å². The summed E-state index contributed by atoms with van der Waals surface area (Å²) in [6.45, 7) is 19.3. The fourth-order valence-electron chi connectivity index (χ4n) is 6.97. The van der Waals surface area contributed by atoms with Crippen LogP contribution in [0.1, 0.15) is 89.8 Å². The van der Waals surface area contributed by atoms with Gasteiger partial charge in [-0.1, -0.05) is 80.8 Å². The average molecular weight is 732 g/mol. The topological polar surface area (TPSA) is 74.1 Å². The molecule has 0 bridgehead atoms. The van der Waals surface area contributed by atoms with Crippen molar-refractivity contribution in [2.24, 2.45) is 0 Å². The summed E-state index contributed by atoms with van der Waals surface area (Å²) in [7, 11) is 1.86. The number of methoxy groups -OCH3 is 2. The Morgan fingerprint density at radius 2 is 1.46 bits per heavy atom. The molecule has 4 rings (SSSR count). The first-order valence-electron chi connectivity index (χ1n) is 18.7. The molecule has 52 heavy (non-hydrogen) atoms. The Labute approximate surface area is 313 Å². The lowest BCUT2D eigenvalue weighted by atomic mass is 9.80. The average Bonchev–Trinajstić information content (AvgIpc) is 3.56. The zero-order chi connectivity index (χ0) is 37.5. The maximum atomic E-state index is 14.0. The first-order valence-corrected chi connectivity index (χ1v) is 19.8. The van der Waals surface area contributed by atoms with E-state index in [-0.39, 0.29) is 43.3 Å². The van der Waals surface area contributed by atoms with Crippen molar-refractivity contribution in [1.82, 2.24) is 9.57 Å². The zero-order valence-electron chi connectivity index (χ0n) is 32.1. The third kappa shape index (κ3) is 10.6. The summed E-state index contributed by atoms with van der Waals surface area (Å²) in [5.41, 5.74) is 1.84. The van der Waals surface area contributed by atoms with E-state index in [2.05, 4.69) is 56.3 Å². The normalized spacial score (nSPS) is 16.8. The van der Waals surface area contributed by atoms with Gasteiger partial charge in [0.2, 0.25) is 12.5 Å². The number of carbonyl (C=O) groups is 1. The van der Waals surface area contributed by atoms with Gasteiger partial charge in [-0.05, 0) is 81.5 Å². The fourth-order valence-corrected chi connectivity index (χ4v) is 8.68.